The minimum absolute atomic E-state index is 0.0331. The van der Waals surface area contributed by atoms with Crippen LogP contribution in [-0.2, 0) is 0 Å². The lowest BCUT2D eigenvalue weighted by atomic mass is 10.1. The summed E-state index contributed by atoms with van der Waals surface area (Å²) in [5, 5.41) is 15.9. The van der Waals surface area contributed by atoms with Crippen molar-refractivity contribution in [2.45, 2.75) is 26.2 Å². The van der Waals surface area contributed by atoms with Gasteiger partial charge in [0.25, 0.3) is 11.6 Å². The summed E-state index contributed by atoms with van der Waals surface area (Å²) < 4.78 is 0.531. The molecule has 0 aliphatic heterocycles. The summed E-state index contributed by atoms with van der Waals surface area (Å²) in [5.41, 5.74) is 1.32. The second-order valence-electron chi connectivity index (χ2n) is 4.76. The lowest BCUT2D eigenvalue weighted by Gasteiger charge is -2.05. The molecule has 1 heterocycles. The van der Waals surface area contributed by atoms with Crippen molar-refractivity contribution >= 4 is 50.7 Å². The van der Waals surface area contributed by atoms with E-state index in [1.54, 1.807) is 0 Å². The van der Waals surface area contributed by atoms with Gasteiger partial charge in [0.2, 0.25) is 0 Å². The van der Waals surface area contributed by atoms with Crippen molar-refractivity contribution in [1.82, 2.24) is 4.98 Å². The summed E-state index contributed by atoms with van der Waals surface area (Å²) >= 11 is 3.29. The number of benzene rings is 1. The number of non-ortho nitro benzene ring substituents is 1. The lowest BCUT2D eigenvalue weighted by molar-refractivity contribution is -0.384. The molecule has 1 atom stereocenters. The number of nitrogens with zero attached hydrogens (tertiary/aromatic N) is 2. The Morgan fingerprint density at radius 3 is 2.86 bits per heavy atom. The molecule has 0 bridgehead atoms. The Morgan fingerprint density at radius 2 is 2.27 bits per heavy atom. The maximum atomic E-state index is 12.2. The predicted molar refractivity (Wildman–Crippen MR) is 94.6 cm³/mol. The number of nitro benzene ring substituents is 1. The number of hydrogen-bond acceptors (Lipinski definition) is 5. The van der Waals surface area contributed by atoms with Gasteiger partial charge in [-0.05, 0) is 41.0 Å². The summed E-state index contributed by atoms with van der Waals surface area (Å²) in [6.45, 7) is 4.17. The van der Waals surface area contributed by atoms with Gasteiger partial charge in [0.05, 0.1) is 16.2 Å². The highest BCUT2D eigenvalue weighted by Gasteiger charge is 2.16. The van der Waals surface area contributed by atoms with Crippen molar-refractivity contribution in [1.29, 1.82) is 0 Å². The number of anilines is 1. The molecule has 1 N–H and O–H groups in total. The average Bonchev–Trinajstić information content (AvgIpc) is 2.94. The summed E-state index contributed by atoms with van der Waals surface area (Å²) in [6, 6.07) is 4.16. The number of nitro groups is 1. The average molecular weight is 431 g/mol. The third-order valence-corrected chi connectivity index (χ3v) is 4.94. The molecule has 0 saturated carbocycles. The molecule has 1 aromatic carbocycles. The van der Waals surface area contributed by atoms with E-state index < -0.39 is 4.92 Å². The molecule has 1 unspecified atom stereocenters. The van der Waals surface area contributed by atoms with Crippen LogP contribution in [0.2, 0.25) is 0 Å². The van der Waals surface area contributed by atoms with Crippen molar-refractivity contribution in [3.05, 3.63) is 48.5 Å². The fourth-order valence-electron chi connectivity index (χ4n) is 1.75. The fraction of sp³-hybridized carbons (Fsp3) is 0.286. The molecule has 0 radical (unpaired) electrons. The smallest absolute Gasteiger partial charge is 0.270 e. The van der Waals surface area contributed by atoms with E-state index in [1.807, 2.05) is 28.0 Å². The number of aromatic nitrogens is 1. The van der Waals surface area contributed by atoms with Crippen molar-refractivity contribution < 1.29 is 9.72 Å². The van der Waals surface area contributed by atoms with Gasteiger partial charge < -0.3 is 0 Å². The SMILES string of the molecule is CCC(C)c1csc(NC(=O)c2ccc([N+](=O)[O-])cc2I)n1. The third-order valence-electron chi connectivity index (χ3n) is 3.27. The quantitative estimate of drug-likeness (QED) is 0.432. The largest absolute Gasteiger partial charge is 0.298 e. The molecule has 22 heavy (non-hydrogen) atoms. The lowest BCUT2D eigenvalue weighted by Crippen LogP contribution is -2.13. The standard InChI is InChI=1S/C14H14IN3O3S/c1-3-8(2)12-7-22-14(16-12)17-13(19)10-5-4-9(18(20)21)6-11(10)15/h4-8H,3H2,1-2H3,(H,16,17,19). The molecule has 0 aliphatic carbocycles. The second-order valence-corrected chi connectivity index (χ2v) is 6.78. The molecule has 0 fully saturated rings. The highest BCUT2D eigenvalue weighted by atomic mass is 127. The van der Waals surface area contributed by atoms with Crippen molar-refractivity contribution in [2.24, 2.45) is 0 Å². The van der Waals surface area contributed by atoms with Gasteiger partial charge in [-0.1, -0.05) is 13.8 Å². The first-order valence-corrected chi connectivity index (χ1v) is 8.59. The maximum absolute atomic E-state index is 12.2. The number of thiazole rings is 1. The van der Waals surface area contributed by atoms with Crippen LogP contribution < -0.4 is 5.32 Å². The number of nitrogens with one attached hydrogen (secondary N) is 1. The summed E-state index contributed by atoms with van der Waals surface area (Å²) in [7, 11) is 0. The molecule has 1 aromatic heterocycles. The van der Waals surface area contributed by atoms with Gasteiger partial charge in [-0.25, -0.2) is 4.98 Å². The number of hydrogen-bond donors (Lipinski definition) is 1. The van der Waals surface area contributed by atoms with Crippen LogP contribution in [0.5, 0.6) is 0 Å². The van der Waals surface area contributed by atoms with E-state index in [9.17, 15) is 14.9 Å². The van der Waals surface area contributed by atoms with Crippen LogP contribution in [-0.4, -0.2) is 15.8 Å². The van der Waals surface area contributed by atoms with E-state index in [2.05, 4.69) is 24.1 Å². The van der Waals surface area contributed by atoms with Gasteiger partial charge in [0.15, 0.2) is 5.13 Å². The van der Waals surface area contributed by atoms with E-state index in [-0.39, 0.29) is 11.6 Å². The summed E-state index contributed by atoms with van der Waals surface area (Å²) in [5.74, 6) is 0.0331. The van der Waals surface area contributed by atoms with E-state index in [4.69, 9.17) is 0 Å². The number of carbonyl (C=O) groups is 1. The van der Waals surface area contributed by atoms with Gasteiger partial charge in [-0.15, -0.1) is 11.3 Å². The summed E-state index contributed by atoms with van der Waals surface area (Å²) in [6.07, 6.45) is 0.984. The first-order chi connectivity index (χ1) is 10.4. The normalized spacial score (nSPS) is 12.0. The molecule has 2 rings (SSSR count). The van der Waals surface area contributed by atoms with Gasteiger partial charge >= 0.3 is 0 Å². The van der Waals surface area contributed by atoms with Crippen LogP contribution in [0.4, 0.5) is 10.8 Å². The summed E-state index contributed by atoms with van der Waals surface area (Å²) in [4.78, 5) is 26.9. The van der Waals surface area contributed by atoms with E-state index in [0.29, 0.717) is 20.2 Å². The topological polar surface area (TPSA) is 85.1 Å². The van der Waals surface area contributed by atoms with Crippen molar-refractivity contribution in [3.63, 3.8) is 0 Å². The zero-order valence-electron chi connectivity index (χ0n) is 12.0. The molecule has 116 valence electrons. The number of amides is 1. The van der Waals surface area contributed by atoms with Crippen LogP contribution in [0, 0.1) is 13.7 Å². The van der Waals surface area contributed by atoms with Crippen LogP contribution >= 0.6 is 33.9 Å². The first-order valence-electron chi connectivity index (χ1n) is 6.63. The van der Waals surface area contributed by atoms with E-state index in [1.165, 1.54) is 29.5 Å². The highest BCUT2D eigenvalue weighted by Crippen LogP contribution is 2.25. The monoisotopic (exact) mass is 431 g/mol. The van der Waals surface area contributed by atoms with E-state index in [0.717, 1.165) is 12.1 Å². The Labute approximate surface area is 145 Å². The van der Waals surface area contributed by atoms with Crippen LogP contribution in [0.15, 0.2) is 23.6 Å². The van der Waals surface area contributed by atoms with Crippen molar-refractivity contribution in [2.75, 3.05) is 5.32 Å². The minimum Gasteiger partial charge on any atom is -0.298 e. The molecule has 6 nitrogen and oxygen atoms in total. The van der Waals surface area contributed by atoms with Gasteiger partial charge in [0.1, 0.15) is 0 Å². The molecule has 2 aromatic rings. The number of halogens is 1. The number of carbonyl (C=O) groups excluding carboxylic acids is 1. The highest BCUT2D eigenvalue weighted by molar-refractivity contribution is 14.1. The van der Waals surface area contributed by atoms with Gasteiger partial charge in [-0.3, -0.25) is 20.2 Å². The van der Waals surface area contributed by atoms with Crippen LogP contribution in [0.25, 0.3) is 0 Å². The first kappa shape index (κ1) is 16.8. The molecular weight excluding hydrogens is 417 g/mol. The van der Waals surface area contributed by atoms with Gasteiger partial charge in [-0.2, -0.15) is 0 Å². The minimum atomic E-state index is -0.483. The molecule has 8 heteroatoms. The van der Waals surface area contributed by atoms with E-state index >= 15 is 0 Å². The molecule has 0 spiro atoms. The Hall–Kier alpha value is -1.55. The zero-order valence-corrected chi connectivity index (χ0v) is 15.0. The molecule has 1 amide bonds. The van der Waals surface area contributed by atoms with Crippen LogP contribution in [0.3, 0.4) is 0 Å². The Morgan fingerprint density at radius 1 is 1.55 bits per heavy atom. The van der Waals surface area contributed by atoms with Crippen molar-refractivity contribution in [3.8, 4) is 0 Å². The predicted octanol–water partition coefficient (Wildman–Crippen LogP) is 4.42. The Bertz CT molecular complexity index is 717. The second kappa shape index (κ2) is 7.14. The molecule has 0 saturated heterocycles. The maximum Gasteiger partial charge on any atom is 0.270 e. The number of rotatable bonds is 5. The zero-order chi connectivity index (χ0) is 16.3. The Balaban J connectivity index is 2.15. The Kier molecular flexibility index (Phi) is 5.46. The fourth-order valence-corrected chi connectivity index (χ4v) is 3.32. The molecular formula is C14H14IN3O3S. The third kappa shape index (κ3) is 3.80. The molecule has 0 aliphatic rings. The van der Waals surface area contributed by atoms with Crippen LogP contribution in [0.1, 0.15) is 42.2 Å². The van der Waals surface area contributed by atoms with Gasteiger partial charge in [0, 0.05) is 21.1 Å².